The molecule has 0 amide bonds. The van der Waals surface area contributed by atoms with Crippen molar-refractivity contribution in [2.75, 3.05) is 0 Å². The molecule has 4 nitrogen and oxygen atoms in total. The molecule has 1 fully saturated rings. The lowest BCUT2D eigenvalue weighted by Gasteiger charge is -2.24. The van der Waals surface area contributed by atoms with Crippen LogP contribution in [0.25, 0.3) is 5.65 Å². The van der Waals surface area contributed by atoms with E-state index in [0.29, 0.717) is 11.3 Å². The number of nitrogens with two attached hydrogens (primary N) is 1. The van der Waals surface area contributed by atoms with Crippen molar-refractivity contribution in [1.29, 1.82) is 0 Å². The van der Waals surface area contributed by atoms with Gasteiger partial charge in [0.2, 0.25) is 0 Å². The summed E-state index contributed by atoms with van der Waals surface area (Å²) >= 11 is 1.84. The second kappa shape index (κ2) is 4.66. The van der Waals surface area contributed by atoms with E-state index in [9.17, 15) is 0 Å². The lowest BCUT2D eigenvalue weighted by molar-refractivity contribution is 0.450. The highest BCUT2D eigenvalue weighted by Gasteiger charge is 2.21. The van der Waals surface area contributed by atoms with Crippen LogP contribution in [0.4, 0.5) is 0 Å². The van der Waals surface area contributed by atoms with E-state index < -0.39 is 0 Å². The summed E-state index contributed by atoms with van der Waals surface area (Å²) in [4.78, 5) is 0. The minimum Gasteiger partial charge on any atom is -0.328 e. The Bertz CT molecular complexity index is 502. The van der Waals surface area contributed by atoms with Crippen molar-refractivity contribution in [3.05, 3.63) is 24.4 Å². The smallest absolute Gasteiger partial charge is 0.195 e. The zero-order chi connectivity index (χ0) is 11.7. The SMILES string of the molecule is NC1CCC(Sc2nnc3ccccn23)CC1. The number of pyridine rings is 1. The highest BCUT2D eigenvalue weighted by molar-refractivity contribution is 7.99. The second-order valence-electron chi connectivity index (χ2n) is 4.57. The summed E-state index contributed by atoms with van der Waals surface area (Å²) in [7, 11) is 0. The molecule has 2 aromatic rings. The minimum absolute atomic E-state index is 0.405. The van der Waals surface area contributed by atoms with Gasteiger partial charge in [-0.25, -0.2) is 0 Å². The Morgan fingerprint density at radius 3 is 2.82 bits per heavy atom. The molecule has 90 valence electrons. The Morgan fingerprint density at radius 2 is 2.00 bits per heavy atom. The molecule has 2 aromatic heterocycles. The van der Waals surface area contributed by atoms with E-state index >= 15 is 0 Å². The van der Waals surface area contributed by atoms with Gasteiger partial charge in [-0.05, 0) is 37.8 Å². The van der Waals surface area contributed by atoms with Crippen LogP contribution in [-0.4, -0.2) is 25.9 Å². The van der Waals surface area contributed by atoms with Crippen LogP contribution in [0.2, 0.25) is 0 Å². The molecule has 0 aliphatic heterocycles. The molecule has 0 radical (unpaired) electrons. The highest BCUT2D eigenvalue weighted by atomic mass is 32.2. The van der Waals surface area contributed by atoms with Gasteiger partial charge in [-0.2, -0.15) is 0 Å². The average molecular weight is 248 g/mol. The van der Waals surface area contributed by atoms with Gasteiger partial charge in [0, 0.05) is 17.5 Å². The molecule has 0 saturated heterocycles. The fraction of sp³-hybridized carbons (Fsp3) is 0.500. The third-order valence-electron chi connectivity index (χ3n) is 3.27. The van der Waals surface area contributed by atoms with E-state index in [2.05, 4.69) is 14.6 Å². The Hall–Kier alpha value is -1.07. The van der Waals surface area contributed by atoms with Crippen LogP contribution < -0.4 is 5.73 Å². The van der Waals surface area contributed by atoms with Crippen molar-refractivity contribution in [3.63, 3.8) is 0 Å². The summed E-state index contributed by atoms with van der Waals surface area (Å²) in [6, 6.07) is 6.38. The molecule has 0 spiro atoms. The molecule has 2 heterocycles. The summed E-state index contributed by atoms with van der Waals surface area (Å²) in [5.74, 6) is 0. The van der Waals surface area contributed by atoms with Crippen LogP contribution in [0, 0.1) is 0 Å². The Morgan fingerprint density at radius 1 is 1.18 bits per heavy atom. The first-order valence-electron chi connectivity index (χ1n) is 6.05. The minimum atomic E-state index is 0.405. The number of hydrogen-bond acceptors (Lipinski definition) is 4. The maximum absolute atomic E-state index is 5.92. The number of fused-ring (bicyclic) bond motifs is 1. The molecule has 0 bridgehead atoms. The highest BCUT2D eigenvalue weighted by Crippen LogP contribution is 2.32. The first-order chi connectivity index (χ1) is 8.33. The van der Waals surface area contributed by atoms with Gasteiger partial charge in [-0.1, -0.05) is 17.8 Å². The van der Waals surface area contributed by atoms with Crippen molar-refractivity contribution in [1.82, 2.24) is 14.6 Å². The van der Waals surface area contributed by atoms with Gasteiger partial charge in [0.05, 0.1) is 0 Å². The van der Waals surface area contributed by atoms with Crippen LogP contribution in [0.5, 0.6) is 0 Å². The van der Waals surface area contributed by atoms with E-state index in [-0.39, 0.29) is 0 Å². The zero-order valence-electron chi connectivity index (χ0n) is 9.62. The van der Waals surface area contributed by atoms with Crippen molar-refractivity contribution in [3.8, 4) is 0 Å². The van der Waals surface area contributed by atoms with Crippen LogP contribution in [0.3, 0.4) is 0 Å². The third-order valence-corrected chi connectivity index (χ3v) is 4.57. The Labute approximate surface area is 105 Å². The summed E-state index contributed by atoms with van der Waals surface area (Å²) < 4.78 is 2.05. The van der Waals surface area contributed by atoms with Gasteiger partial charge in [-0.3, -0.25) is 4.40 Å². The number of hydrogen-bond donors (Lipinski definition) is 1. The van der Waals surface area contributed by atoms with Crippen LogP contribution in [0.1, 0.15) is 25.7 Å². The van der Waals surface area contributed by atoms with Crippen molar-refractivity contribution < 1.29 is 0 Å². The first kappa shape index (κ1) is 11.0. The van der Waals surface area contributed by atoms with Gasteiger partial charge >= 0.3 is 0 Å². The number of nitrogens with zero attached hydrogens (tertiary/aromatic N) is 3. The first-order valence-corrected chi connectivity index (χ1v) is 6.93. The lowest BCUT2D eigenvalue weighted by atomic mass is 9.96. The van der Waals surface area contributed by atoms with Crippen LogP contribution in [-0.2, 0) is 0 Å². The second-order valence-corrected chi connectivity index (χ2v) is 5.83. The van der Waals surface area contributed by atoms with Gasteiger partial charge in [0.15, 0.2) is 10.8 Å². The molecule has 0 aromatic carbocycles. The number of aromatic nitrogens is 3. The van der Waals surface area contributed by atoms with E-state index in [1.165, 1.54) is 12.8 Å². The molecular weight excluding hydrogens is 232 g/mol. The summed E-state index contributed by atoms with van der Waals surface area (Å²) in [5.41, 5.74) is 6.84. The van der Waals surface area contributed by atoms with E-state index in [0.717, 1.165) is 23.6 Å². The van der Waals surface area contributed by atoms with Crippen molar-refractivity contribution >= 4 is 17.4 Å². The maximum Gasteiger partial charge on any atom is 0.195 e. The van der Waals surface area contributed by atoms with Gasteiger partial charge in [0.25, 0.3) is 0 Å². The molecule has 1 aliphatic rings. The molecule has 3 rings (SSSR count). The molecule has 0 unspecified atom stereocenters. The van der Waals surface area contributed by atoms with Gasteiger partial charge < -0.3 is 5.73 Å². The van der Waals surface area contributed by atoms with E-state index in [1.54, 1.807) is 0 Å². The maximum atomic E-state index is 5.92. The van der Waals surface area contributed by atoms with E-state index in [4.69, 9.17) is 5.73 Å². The number of thioether (sulfide) groups is 1. The zero-order valence-corrected chi connectivity index (χ0v) is 10.4. The van der Waals surface area contributed by atoms with Gasteiger partial charge in [-0.15, -0.1) is 10.2 Å². The molecule has 17 heavy (non-hydrogen) atoms. The predicted molar refractivity (Wildman–Crippen MR) is 69.1 cm³/mol. The third kappa shape index (κ3) is 2.30. The molecule has 5 heteroatoms. The average Bonchev–Trinajstić information content (AvgIpc) is 2.76. The topological polar surface area (TPSA) is 56.2 Å². The van der Waals surface area contributed by atoms with E-state index in [1.807, 2.05) is 36.2 Å². The molecule has 1 aliphatic carbocycles. The van der Waals surface area contributed by atoms with Gasteiger partial charge in [0.1, 0.15) is 0 Å². The largest absolute Gasteiger partial charge is 0.328 e. The van der Waals surface area contributed by atoms with Crippen LogP contribution in [0.15, 0.2) is 29.6 Å². The summed E-state index contributed by atoms with van der Waals surface area (Å²) in [6.45, 7) is 0. The molecule has 0 atom stereocenters. The normalized spacial score (nSPS) is 25.2. The molecule has 2 N–H and O–H groups in total. The lowest BCUT2D eigenvalue weighted by Crippen LogP contribution is -2.27. The predicted octanol–water partition coefficient (Wildman–Crippen LogP) is 2.09. The summed E-state index contributed by atoms with van der Waals surface area (Å²) in [5, 5.41) is 10.1. The van der Waals surface area contributed by atoms with Crippen molar-refractivity contribution in [2.45, 2.75) is 42.1 Å². The van der Waals surface area contributed by atoms with Crippen LogP contribution >= 0.6 is 11.8 Å². The fourth-order valence-corrected chi connectivity index (χ4v) is 3.42. The number of rotatable bonds is 2. The quantitative estimate of drug-likeness (QED) is 0.884. The Balaban J connectivity index is 1.76. The fourth-order valence-electron chi connectivity index (χ4n) is 2.26. The van der Waals surface area contributed by atoms with Crippen molar-refractivity contribution in [2.24, 2.45) is 5.73 Å². The standard InChI is InChI=1S/C12H16N4S/c13-9-4-6-10(7-5-9)17-12-15-14-11-3-1-2-8-16(11)12/h1-3,8-10H,4-7,13H2. The monoisotopic (exact) mass is 248 g/mol. The molecular formula is C12H16N4S. The Kier molecular flexibility index (Phi) is 3.03. The summed E-state index contributed by atoms with van der Waals surface area (Å²) in [6.07, 6.45) is 6.66. The molecule has 1 saturated carbocycles.